The van der Waals surface area contributed by atoms with Crippen molar-refractivity contribution in [2.24, 2.45) is 5.92 Å². The summed E-state index contributed by atoms with van der Waals surface area (Å²) in [6.45, 7) is 4.19. The second kappa shape index (κ2) is 3.74. The lowest BCUT2D eigenvalue weighted by molar-refractivity contribution is -0.130. The van der Waals surface area contributed by atoms with Crippen molar-refractivity contribution in [2.45, 2.75) is 25.9 Å². The van der Waals surface area contributed by atoms with Gasteiger partial charge in [0.05, 0.1) is 6.61 Å². The highest BCUT2D eigenvalue weighted by molar-refractivity contribution is 5.90. The molecule has 0 bridgehead atoms. The van der Waals surface area contributed by atoms with Gasteiger partial charge in [0.15, 0.2) is 5.78 Å². The molecule has 1 aromatic heterocycles. The number of hydrogen-bond donors (Lipinski definition) is 0. The van der Waals surface area contributed by atoms with Crippen LogP contribution in [0.25, 0.3) is 0 Å². The molecule has 0 aliphatic carbocycles. The summed E-state index contributed by atoms with van der Waals surface area (Å²) in [6, 6.07) is 3.88. The van der Waals surface area contributed by atoms with Gasteiger partial charge in [-0.05, 0) is 31.9 Å². The minimum atomic E-state index is -0.604. The van der Waals surface area contributed by atoms with E-state index >= 15 is 0 Å². The lowest BCUT2D eigenvalue weighted by atomic mass is 9.91. The SMILES string of the molecule is CC1(C)OCC(Cc2cccnc2)C1=O. The zero-order chi connectivity index (χ0) is 10.9. The van der Waals surface area contributed by atoms with Gasteiger partial charge in [-0.3, -0.25) is 9.78 Å². The third kappa shape index (κ3) is 2.07. The molecule has 0 radical (unpaired) electrons. The summed E-state index contributed by atoms with van der Waals surface area (Å²) in [5.41, 5.74) is 0.490. The Hall–Kier alpha value is -1.22. The molecule has 0 spiro atoms. The Morgan fingerprint density at radius 1 is 1.60 bits per heavy atom. The van der Waals surface area contributed by atoms with Gasteiger partial charge in [0.1, 0.15) is 5.60 Å². The normalized spacial score (nSPS) is 24.4. The highest BCUT2D eigenvalue weighted by Gasteiger charge is 2.41. The van der Waals surface area contributed by atoms with Crippen LogP contribution >= 0.6 is 0 Å². The minimum Gasteiger partial charge on any atom is -0.367 e. The number of Topliss-reactive ketones (excluding diaryl/α,β-unsaturated/α-hetero) is 1. The van der Waals surface area contributed by atoms with E-state index in [0.29, 0.717) is 6.61 Å². The summed E-state index contributed by atoms with van der Waals surface area (Å²) in [5.74, 6) is 0.190. The fourth-order valence-electron chi connectivity index (χ4n) is 1.90. The number of rotatable bonds is 2. The van der Waals surface area contributed by atoms with Crippen LogP contribution in [0.1, 0.15) is 19.4 Å². The zero-order valence-electron chi connectivity index (χ0n) is 9.06. The summed E-state index contributed by atoms with van der Waals surface area (Å²) in [7, 11) is 0. The van der Waals surface area contributed by atoms with Gasteiger partial charge in [0.2, 0.25) is 0 Å². The van der Waals surface area contributed by atoms with Crippen LogP contribution in [0.4, 0.5) is 0 Å². The molecular weight excluding hydrogens is 190 g/mol. The highest BCUT2D eigenvalue weighted by atomic mass is 16.5. The van der Waals surface area contributed by atoms with Gasteiger partial charge in [-0.15, -0.1) is 0 Å². The third-order valence-electron chi connectivity index (χ3n) is 2.81. The zero-order valence-corrected chi connectivity index (χ0v) is 9.06. The van der Waals surface area contributed by atoms with Gasteiger partial charge in [-0.1, -0.05) is 6.07 Å². The molecule has 80 valence electrons. The quantitative estimate of drug-likeness (QED) is 0.736. The lowest BCUT2D eigenvalue weighted by Gasteiger charge is -2.14. The first kappa shape index (κ1) is 10.3. The largest absolute Gasteiger partial charge is 0.367 e. The third-order valence-corrected chi connectivity index (χ3v) is 2.81. The molecule has 1 unspecified atom stereocenters. The van der Waals surface area contributed by atoms with E-state index in [4.69, 9.17) is 4.74 Å². The van der Waals surface area contributed by atoms with Gasteiger partial charge in [0.25, 0.3) is 0 Å². The van der Waals surface area contributed by atoms with Crippen molar-refractivity contribution in [1.29, 1.82) is 0 Å². The summed E-state index contributed by atoms with van der Waals surface area (Å²) in [4.78, 5) is 15.9. The topological polar surface area (TPSA) is 39.2 Å². The predicted molar refractivity (Wildman–Crippen MR) is 56.5 cm³/mol. The Morgan fingerprint density at radius 2 is 2.40 bits per heavy atom. The molecule has 1 aliphatic rings. The van der Waals surface area contributed by atoms with E-state index in [1.165, 1.54) is 0 Å². The first-order valence-electron chi connectivity index (χ1n) is 5.17. The predicted octanol–water partition coefficient (Wildman–Crippen LogP) is 1.62. The van der Waals surface area contributed by atoms with Gasteiger partial charge in [-0.2, -0.15) is 0 Å². The summed E-state index contributed by atoms with van der Waals surface area (Å²) >= 11 is 0. The van der Waals surface area contributed by atoms with Gasteiger partial charge >= 0.3 is 0 Å². The van der Waals surface area contributed by atoms with Crippen LogP contribution in [0.2, 0.25) is 0 Å². The van der Waals surface area contributed by atoms with Crippen molar-refractivity contribution in [2.75, 3.05) is 6.61 Å². The number of nitrogens with zero attached hydrogens (tertiary/aromatic N) is 1. The van der Waals surface area contributed by atoms with Crippen LogP contribution in [0.3, 0.4) is 0 Å². The number of aromatic nitrogens is 1. The van der Waals surface area contributed by atoms with Crippen molar-refractivity contribution in [1.82, 2.24) is 4.98 Å². The Balaban J connectivity index is 2.06. The molecule has 0 amide bonds. The van der Waals surface area contributed by atoms with Crippen LogP contribution in [0, 0.1) is 5.92 Å². The molecule has 3 heteroatoms. The first-order valence-corrected chi connectivity index (χ1v) is 5.17. The van der Waals surface area contributed by atoms with E-state index in [1.807, 2.05) is 26.0 Å². The number of ether oxygens (including phenoxy) is 1. The molecule has 0 saturated carbocycles. The molecule has 1 saturated heterocycles. The van der Waals surface area contributed by atoms with Gasteiger partial charge in [0, 0.05) is 18.3 Å². The average Bonchev–Trinajstić information content (AvgIpc) is 2.47. The van der Waals surface area contributed by atoms with Crippen LogP contribution in [-0.4, -0.2) is 23.0 Å². The second-order valence-corrected chi connectivity index (χ2v) is 4.45. The average molecular weight is 205 g/mol. The van der Waals surface area contributed by atoms with Crippen molar-refractivity contribution >= 4 is 5.78 Å². The molecule has 0 N–H and O–H groups in total. The lowest BCUT2D eigenvalue weighted by Crippen LogP contribution is -2.30. The van der Waals surface area contributed by atoms with Crippen molar-refractivity contribution in [3.8, 4) is 0 Å². The Labute approximate surface area is 89.5 Å². The molecule has 1 atom stereocenters. The molecule has 15 heavy (non-hydrogen) atoms. The summed E-state index contributed by atoms with van der Waals surface area (Å²) in [5, 5.41) is 0. The Kier molecular flexibility index (Phi) is 2.57. The second-order valence-electron chi connectivity index (χ2n) is 4.45. The molecular formula is C12H15NO2. The molecule has 1 aliphatic heterocycles. The van der Waals surface area contributed by atoms with Crippen LogP contribution in [0.5, 0.6) is 0 Å². The smallest absolute Gasteiger partial charge is 0.169 e. The number of pyridine rings is 1. The molecule has 1 fully saturated rings. The van der Waals surface area contributed by atoms with E-state index in [1.54, 1.807) is 12.4 Å². The number of carbonyl (C=O) groups is 1. The van der Waals surface area contributed by atoms with Gasteiger partial charge < -0.3 is 4.74 Å². The van der Waals surface area contributed by atoms with E-state index in [-0.39, 0.29) is 11.7 Å². The molecule has 2 heterocycles. The molecule has 3 nitrogen and oxygen atoms in total. The van der Waals surface area contributed by atoms with E-state index < -0.39 is 5.60 Å². The molecule has 1 aromatic rings. The monoisotopic (exact) mass is 205 g/mol. The van der Waals surface area contributed by atoms with Crippen molar-refractivity contribution in [3.05, 3.63) is 30.1 Å². The standard InChI is InChI=1S/C12H15NO2/c1-12(2)11(14)10(8-15-12)6-9-4-3-5-13-7-9/h3-5,7,10H,6,8H2,1-2H3. The van der Waals surface area contributed by atoms with Crippen LogP contribution < -0.4 is 0 Å². The van der Waals surface area contributed by atoms with E-state index in [2.05, 4.69) is 4.98 Å². The number of ketones is 1. The fourth-order valence-corrected chi connectivity index (χ4v) is 1.90. The van der Waals surface area contributed by atoms with Gasteiger partial charge in [-0.25, -0.2) is 0 Å². The van der Waals surface area contributed by atoms with Crippen LogP contribution in [-0.2, 0) is 16.0 Å². The Morgan fingerprint density at radius 3 is 2.93 bits per heavy atom. The number of carbonyl (C=O) groups excluding carboxylic acids is 1. The molecule has 2 rings (SSSR count). The maximum atomic E-state index is 11.9. The van der Waals surface area contributed by atoms with E-state index in [9.17, 15) is 4.79 Å². The van der Waals surface area contributed by atoms with E-state index in [0.717, 1.165) is 12.0 Å². The van der Waals surface area contributed by atoms with Crippen LogP contribution in [0.15, 0.2) is 24.5 Å². The van der Waals surface area contributed by atoms with Crippen molar-refractivity contribution < 1.29 is 9.53 Å². The Bertz CT molecular complexity index is 359. The maximum Gasteiger partial charge on any atom is 0.169 e. The van der Waals surface area contributed by atoms with Crippen molar-refractivity contribution in [3.63, 3.8) is 0 Å². The number of hydrogen-bond acceptors (Lipinski definition) is 3. The summed E-state index contributed by atoms with van der Waals surface area (Å²) in [6.07, 6.45) is 4.27. The minimum absolute atomic E-state index is 0.0100. The molecule has 0 aromatic carbocycles. The first-order chi connectivity index (χ1) is 7.09. The highest BCUT2D eigenvalue weighted by Crippen LogP contribution is 2.27. The maximum absolute atomic E-state index is 11.9. The fraction of sp³-hybridized carbons (Fsp3) is 0.500. The summed E-state index contributed by atoms with van der Waals surface area (Å²) < 4.78 is 5.47.